The SMILES string of the molecule is CC(Cc1c(Cl)ccc(=O)n1C)C(=O)O. The molecule has 1 heterocycles. The summed E-state index contributed by atoms with van der Waals surface area (Å²) >= 11 is 5.90. The molecule has 1 rings (SSSR count). The summed E-state index contributed by atoms with van der Waals surface area (Å²) in [6.45, 7) is 1.58. The lowest BCUT2D eigenvalue weighted by Gasteiger charge is -2.12. The van der Waals surface area contributed by atoms with E-state index in [1.54, 1.807) is 14.0 Å². The van der Waals surface area contributed by atoms with Crippen molar-refractivity contribution in [2.75, 3.05) is 0 Å². The van der Waals surface area contributed by atoms with E-state index in [0.29, 0.717) is 10.7 Å². The molecule has 0 fully saturated rings. The molecule has 5 heteroatoms. The van der Waals surface area contributed by atoms with E-state index in [1.807, 2.05) is 0 Å². The molecule has 0 aliphatic carbocycles. The summed E-state index contributed by atoms with van der Waals surface area (Å²) in [5, 5.41) is 9.19. The normalized spacial score (nSPS) is 12.5. The first-order valence-electron chi connectivity index (χ1n) is 4.50. The predicted octanol–water partition coefficient (Wildman–Crippen LogP) is 1.30. The maximum absolute atomic E-state index is 11.3. The number of carbonyl (C=O) groups is 1. The number of carboxylic acids is 1. The van der Waals surface area contributed by atoms with Crippen molar-refractivity contribution in [2.45, 2.75) is 13.3 Å². The Morgan fingerprint density at radius 3 is 2.73 bits per heavy atom. The number of nitrogens with zero attached hydrogens (tertiary/aromatic N) is 1. The number of hydrogen-bond acceptors (Lipinski definition) is 2. The monoisotopic (exact) mass is 229 g/mol. The zero-order valence-electron chi connectivity index (χ0n) is 8.53. The largest absolute Gasteiger partial charge is 0.481 e. The molecule has 82 valence electrons. The van der Waals surface area contributed by atoms with E-state index in [4.69, 9.17) is 16.7 Å². The van der Waals surface area contributed by atoms with Gasteiger partial charge in [0.05, 0.1) is 10.9 Å². The lowest BCUT2D eigenvalue weighted by atomic mass is 10.1. The van der Waals surface area contributed by atoms with Crippen LogP contribution in [-0.2, 0) is 18.3 Å². The molecular formula is C10H12ClNO3. The zero-order chi connectivity index (χ0) is 11.6. The molecule has 0 aromatic carbocycles. The highest BCUT2D eigenvalue weighted by Crippen LogP contribution is 2.16. The second-order valence-electron chi connectivity index (χ2n) is 3.47. The molecule has 0 aliphatic heterocycles. The average molecular weight is 230 g/mol. The fourth-order valence-corrected chi connectivity index (χ4v) is 1.52. The third kappa shape index (κ3) is 2.59. The Labute approximate surface area is 92.1 Å². The van der Waals surface area contributed by atoms with Gasteiger partial charge in [0.2, 0.25) is 0 Å². The summed E-state index contributed by atoms with van der Waals surface area (Å²) in [6.07, 6.45) is 0.251. The van der Waals surface area contributed by atoms with Crippen LogP contribution >= 0.6 is 11.6 Å². The smallest absolute Gasteiger partial charge is 0.306 e. The van der Waals surface area contributed by atoms with Crippen molar-refractivity contribution >= 4 is 17.6 Å². The van der Waals surface area contributed by atoms with E-state index >= 15 is 0 Å². The Morgan fingerprint density at radius 1 is 1.60 bits per heavy atom. The quantitative estimate of drug-likeness (QED) is 0.850. The molecule has 1 N–H and O–H groups in total. The van der Waals surface area contributed by atoms with Gasteiger partial charge in [0.15, 0.2) is 0 Å². The Hall–Kier alpha value is -1.29. The number of pyridine rings is 1. The second-order valence-corrected chi connectivity index (χ2v) is 3.88. The molecule has 1 aromatic rings. The van der Waals surface area contributed by atoms with Crippen molar-refractivity contribution in [3.8, 4) is 0 Å². The van der Waals surface area contributed by atoms with Crippen LogP contribution in [0.2, 0.25) is 5.02 Å². The van der Waals surface area contributed by atoms with Crippen LogP contribution in [0.1, 0.15) is 12.6 Å². The molecule has 0 aliphatic rings. The molecule has 0 saturated heterocycles. The van der Waals surface area contributed by atoms with E-state index in [0.717, 1.165) is 0 Å². The van der Waals surface area contributed by atoms with Gasteiger partial charge in [-0.05, 0) is 6.07 Å². The van der Waals surface area contributed by atoms with E-state index in [9.17, 15) is 9.59 Å². The summed E-state index contributed by atoms with van der Waals surface area (Å²) < 4.78 is 1.38. The predicted molar refractivity (Wildman–Crippen MR) is 57.2 cm³/mol. The minimum absolute atomic E-state index is 0.188. The Bertz CT molecular complexity index is 439. The van der Waals surface area contributed by atoms with Crippen molar-refractivity contribution in [2.24, 2.45) is 13.0 Å². The summed E-state index contributed by atoms with van der Waals surface area (Å²) in [7, 11) is 1.58. The van der Waals surface area contributed by atoms with Gasteiger partial charge in [-0.25, -0.2) is 0 Å². The van der Waals surface area contributed by atoms with Gasteiger partial charge in [-0.2, -0.15) is 0 Å². The standard InChI is InChI=1S/C10H12ClNO3/c1-6(10(14)15)5-8-7(11)3-4-9(13)12(8)2/h3-4,6H,5H2,1-2H3,(H,14,15). The minimum atomic E-state index is -0.901. The van der Waals surface area contributed by atoms with Crippen molar-refractivity contribution in [1.82, 2.24) is 4.57 Å². The summed E-state index contributed by atoms with van der Waals surface area (Å²) in [6, 6.07) is 2.85. The molecule has 0 radical (unpaired) electrons. The Morgan fingerprint density at radius 2 is 2.20 bits per heavy atom. The van der Waals surface area contributed by atoms with Crippen LogP contribution in [0.3, 0.4) is 0 Å². The maximum atomic E-state index is 11.3. The third-order valence-corrected chi connectivity index (χ3v) is 2.65. The van der Waals surface area contributed by atoms with Crippen LogP contribution in [0.25, 0.3) is 0 Å². The molecule has 0 spiro atoms. The van der Waals surface area contributed by atoms with Gasteiger partial charge < -0.3 is 9.67 Å². The van der Waals surface area contributed by atoms with E-state index in [2.05, 4.69) is 0 Å². The van der Waals surface area contributed by atoms with Crippen LogP contribution < -0.4 is 5.56 Å². The first-order chi connectivity index (χ1) is 6.93. The topological polar surface area (TPSA) is 59.3 Å². The zero-order valence-corrected chi connectivity index (χ0v) is 9.28. The van der Waals surface area contributed by atoms with Gasteiger partial charge >= 0.3 is 5.97 Å². The fraction of sp³-hybridized carbons (Fsp3) is 0.400. The number of carboxylic acid groups (broad SMARTS) is 1. The van der Waals surface area contributed by atoms with Gasteiger partial charge in [-0.15, -0.1) is 0 Å². The highest BCUT2D eigenvalue weighted by atomic mass is 35.5. The van der Waals surface area contributed by atoms with Crippen molar-refractivity contribution in [3.05, 3.63) is 33.2 Å². The van der Waals surface area contributed by atoms with Gasteiger partial charge in [0.1, 0.15) is 0 Å². The second kappa shape index (κ2) is 4.49. The number of rotatable bonds is 3. The van der Waals surface area contributed by atoms with E-state index in [1.165, 1.54) is 16.7 Å². The minimum Gasteiger partial charge on any atom is -0.481 e. The Balaban J connectivity index is 3.09. The highest BCUT2D eigenvalue weighted by Gasteiger charge is 2.15. The lowest BCUT2D eigenvalue weighted by molar-refractivity contribution is -0.141. The van der Waals surface area contributed by atoms with Crippen LogP contribution in [0.15, 0.2) is 16.9 Å². The number of hydrogen-bond donors (Lipinski definition) is 1. The fourth-order valence-electron chi connectivity index (χ4n) is 1.26. The first-order valence-corrected chi connectivity index (χ1v) is 4.88. The molecule has 0 amide bonds. The van der Waals surface area contributed by atoms with Crippen LogP contribution in [0.5, 0.6) is 0 Å². The van der Waals surface area contributed by atoms with Crippen molar-refractivity contribution < 1.29 is 9.90 Å². The summed E-state index contributed by atoms with van der Waals surface area (Å²) in [5.41, 5.74) is 0.367. The van der Waals surface area contributed by atoms with Gasteiger partial charge in [0.25, 0.3) is 5.56 Å². The molecule has 0 bridgehead atoms. The van der Waals surface area contributed by atoms with Gasteiger partial charge in [-0.3, -0.25) is 9.59 Å². The summed E-state index contributed by atoms with van der Waals surface area (Å²) in [5.74, 6) is -1.46. The molecule has 0 saturated carbocycles. The molecule has 1 aromatic heterocycles. The van der Waals surface area contributed by atoms with Crippen molar-refractivity contribution in [3.63, 3.8) is 0 Å². The van der Waals surface area contributed by atoms with Gasteiger partial charge in [-0.1, -0.05) is 18.5 Å². The molecule has 1 unspecified atom stereocenters. The molecule has 4 nitrogen and oxygen atoms in total. The maximum Gasteiger partial charge on any atom is 0.306 e. The first kappa shape index (κ1) is 11.8. The third-order valence-electron chi connectivity index (χ3n) is 2.30. The van der Waals surface area contributed by atoms with Crippen LogP contribution in [-0.4, -0.2) is 15.6 Å². The molecular weight excluding hydrogens is 218 g/mol. The molecule has 15 heavy (non-hydrogen) atoms. The van der Waals surface area contributed by atoms with Crippen LogP contribution in [0.4, 0.5) is 0 Å². The average Bonchev–Trinajstić information content (AvgIpc) is 2.18. The van der Waals surface area contributed by atoms with Gasteiger partial charge in [0, 0.05) is 25.2 Å². The van der Waals surface area contributed by atoms with Crippen molar-refractivity contribution in [1.29, 1.82) is 0 Å². The Kier molecular flexibility index (Phi) is 3.52. The number of aromatic nitrogens is 1. The highest BCUT2D eigenvalue weighted by molar-refractivity contribution is 6.31. The number of aliphatic carboxylic acids is 1. The number of halogens is 1. The summed E-state index contributed by atoms with van der Waals surface area (Å²) in [4.78, 5) is 22.0. The van der Waals surface area contributed by atoms with E-state index < -0.39 is 11.9 Å². The molecule has 1 atom stereocenters. The van der Waals surface area contributed by atoms with E-state index in [-0.39, 0.29) is 12.0 Å². The van der Waals surface area contributed by atoms with Crippen LogP contribution in [0, 0.1) is 5.92 Å². The lowest BCUT2D eigenvalue weighted by Crippen LogP contribution is -2.23.